The molecule has 5 N–H and O–H groups in total. The third kappa shape index (κ3) is 9.48. The molecule has 84 valence electrons. The molecule has 0 bridgehead atoms. The van der Waals surface area contributed by atoms with Crippen LogP contribution in [0.25, 0.3) is 0 Å². The number of hydrogen-bond acceptors (Lipinski definition) is 3. The Morgan fingerprint density at radius 2 is 1.57 bits per heavy atom. The summed E-state index contributed by atoms with van der Waals surface area (Å²) >= 11 is 0. The van der Waals surface area contributed by atoms with E-state index in [4.69, 9.17) is 11.5 Å². The average Bonchev–Trinajstić information content (AvgIpc) is 2.19. The van der Waals surface area contributed by atoms with Gasteiger partial charge in [-0.05, 0) is 38.8 Å². The summed E-state index contributed by atoms with van der Waals surface area (Å²) in [6, 6.07) is 0. The van der Waals surface area contributed by atoms with Gasteiger partial charge in [-0.3, -0.25) is 4.79 Å². The van der Waals surface area contributed by atoms with Gasteiger partial charge in [0, 0.05) is 13.0 Å². The van der Waals surface area contributed by atoms with E-state index in [2.05, 4.69) is 5.32 Å². The van der Waals surface area contributed by atoms with Crippen molar-refractivity contribution in [3.05, 3.63) is 0 Å². The second-order valence-electron chi connectivity index (χ2n) is 3.45. The first-order valence-electron chi connectivity index (χ1n) is 5.48. The molecule has 0 fully saturated rings. The molecule has 0 radical (unpaired) electrons. The van der Waals surface area contributed by atoms with Gasteiger partial charge in [-0.15, -0.1) is 0 Å². The fourth-order valence-corrected chi connectivity index (χ4v) is 1.19. The van der Waals surface area contributed by atoms with Crippen LogP contribution in [0.2, 0.25) is 0 Å². The Morgan fingerprint density at radius 1 is 0.929 bits per heavy atom. The van der Waals surface area contributed by atoms with Gasteiger partial charge in [-0.2, -0.15) is 0 Å². The van der Waals surface area contributed by atoms with Gasteiger partial charge in [0.15, 0.2) is 0 Å². The van der Waals surface area contributed by atoms with Crippen molar-refractivity contribution in [1.29, 1.82) is 0 Å². The van der Waals surface area contributed by atoms with Crippen LogP contribution in [-0.2, 0) is 4.79 Å². The summed E-state index contributed by atoms with van der Waals surface area (Å²) in [7, 11) is 0. The van der Waals surface area contributed by atoms with E-state index in [1.165, 1.54) is 0 Å². The second kappa shape index (κ2) is 10.5. The van der Waals surface area contributed by atoms with Gasteiger partial charge in [0.05, 0.1) is 0 Å². The number of amides is 1. The van der Waals surface area contributed by atoms with E-state index in [0.717, 1.165) is 45.2 Å². The maximum atomic E-state index is 11.2. The lowest BCUT2D eigenvalue weighted by molar-refractivity contribution is -0.121. The number of carbonyl (C=O) groups is 1. The standard InChI is InChI=1S/C10H23N3O/c11-7-3-1-2-6-10(14)13-9-5-4-8-12/h1-9,11-12H2,(H,13,14). The van der Waals surface area contributed by atoms with E-state index in [0.29, 0.717) is 13.0 Å². The molecular weight excluding hydrogens is 178 g/mol. The van der Waals surface area contributed by atoms with Crippen molar-refractivity contribution in [2.75, 3.05) is 19.6 Å². The van der Waals surface area contributed by atoms with Crippen LogP contribution in [0.1, 0.15) is 38.5 Å². The van der Waals surface area contributed by atoms with Crippen molar-refractivity contribution in [1.82, 2.24) is 5.32 Å². The molecule has 0 aliphatic heterocycles. The fraction of sp³-hybridized carbons (Fsp3) is 0.900. The number of rotatable bonds is 9. The predicted octanol–water partition coefficient (Wildman–Crippen LogP) is 0.361. The van der Waals surface area contributed by atoms with Crippen molar-refractivity contribution in [2.45, 2.75) is 38.5 Å². The molecule has 0 aromatic rings. The molecule has 0 aromatic carbocycles. The van der Waals surface area contributed by atoms with Crippen LogP contribution in [0.5, 0.6) is 0 Å². The van der Waals surface area contributed by atoms with Gasteiger partial charge < -0.3 is 16.8 Å². The number of nitrogens with two attached hydrogens (primary N) is 2. The Bertz CT molecular complexity index is 125. The Balaban J connectivity index is 3.11. The highest BCUT2D eigenvalue weighted by molar-refractivity contribution is 5.75. The van der Waals surface area contributed by atoms with Crippen molar-refractivity contribution < 1.29 is 4.79 Å². The molecule has 4 nitrogen and oxygen atoms in total. The second-order valence-corrected chi connectivity index (χ2v) is 3.45. The Morgan fingerprint density at radius 3 is 2.21 bits per heavy atom. The lowest BCUT2D eigenvalue weighted by Crippen LogP contribution is -2.24. The highest BCUT2D eigenvalue weighted by atomic mass is 16.1. The highest BCUT2D eigenvalue weighted by Gasteiger charge is 1.99. The van der Waals surface area contributed by atoms with Crippen LogP contribution in [0.15, 0.2) is 0 Å². The molecule has 0 aliphatic carbocycles. The molecule has 0 spiro atoms. The first-order valence-corrected chi connectivity index (χ1v) is 5.48. The minimum absolute atomic E-state index is 0.152. The van der Waals surface area contributed by atoms with Crippen molar-refractivity contribution in [3.8, 4) is 0 Å². The predicted molar refractivity (Wildman–Crippen MR) is 58.8 cm³/mol. The van der Waals surface area contributed by atoms with E-state index in [9.17, 15) is 4.79 Å². The molecule has 4 heteroatoms. The zero-order valence-electron chi connectivity index (χ0n) is 8.93. The molecule has 0 rings (SSSR count). The summed E-state index contributed by atoms with van der Waals surface area (Å²) in [5, 5.41) is 2.87. The average molecular weight is 201 g/mol. The first kappa shape index (κ1) is 13.4. The van der Waals surface area contributed by atoms with Crippen molar-refractivity contribution >= 4 is 5.91 Å². The quantitative estimate of drug-likeness (QED) is 0.471. The van der Waals surface area contributed by atoms with Gasteiger partial charge in [0.2, 0.25) is 5.91 Å². The Labute approximate surface area is 86.4 Å². The molecule has 0 atom stereocenters. The zero-order valence-corrected chi connectivity index (χ0v) is 8.93. The summed E-state index contributed by atoms with van der Waals surface area (Å²) in [6.45, 7) is 2.18. The van der Waals surface area contributed by atoms with Crippen LogP contribution in [0.3, 0.4) is 0 Å². The largest absolute Gasteiger partial charge is 0.356 e. The summed E-state index contributed by atoms with van der Waals surface area (Å²) in [5.41, 5.74) is 10.7. The number of unbranched alkanes of at least 4 members (excludes halogenated alkanes) is 3. The zero-order chi connectivity index (χ0) is 10.6. The van der Waals surface area contributed by atoms with Gasteiger partial charge in [-0.25, -0.2) is 0 Å². The molecule has 0 unspecified atom stereocenters. The molecule has 0 saturated heterocycles. The summed E-state index contributed by atoms with van der Waals surface area (Å²) in [5.74, 6) is 0.152. The van der Waals surface area contributed by atoms with Crippen LogP contribution in [0.4, 0.5) is 0 Å². The van der Waals surface area contributed by atoms with Crippen LogP contribution in [-0.4, -0.2) is 25.5 Å². The Hall–Kier alpha value is -0.610. The molecular formula is C10H23N3O. The maximum Gasteiger partial charge on any atom is 0.219 e. The van der Waals surface area contributed by atoms with Crippen LogP contribution in [0, 0.1) is 0 Å². The number of carbonyl (C=O) groups excluding carboxylic acids is 1. The van der Waals surface area contributed by atoms with Crippen molar-refractivity contribution in [2.24, 2.45) is 11.5 Å². The maximum absolute atomic E-state index is 11.2. The van der Waals surface area contributed by atoms with E-state index in [1.54, 1.807) is 0 Å². The van der Waals surface area contributed by atoms with Gasteiger partial charge in [-0.1, -0.05) is 6.42 Å². The fourth-order valence-electron chi connectivity index (χ4n) is 1.19. The van der Waals surface area contributed by atoms with Gasteiger partial charge >= 0.3 is 0 Å². The molecule has 0 saturated carbocycles. The van der Waals surface area contributed by atoms with Crippen LogP contribution >= 0.6 is 0 Å². The summed E-state index contributed by atoms with van der Waals surface area (Å²) in [6.07, 6.45) is 5.59. The van der Waals surface area contributed by atoms with E-state index in [-0.39, 0.29) is 5.91 Å². The molecule has 14 heavy (non-hydrogen) atoms. The highest BCUT2D eigenvalue weighted by Crippen LogP contribution is 1.98. The molecule has 1 amide bonds. The third-order valence-electron chi connectivity index (χ3n) is 2.06. The van der Waals surface area contributed by atoms with E-state index >= 15 is 0 Å². The smallest absolute Gasteiger partial charge is 0.219 e. The van der Waals surface area contributed by atoms with E-state index in [1.807, 2.05) is 0 Å². The number of hydrogen-bond donors (Lipinski definition) is 3. The Kier molecular flexibility index (Phi) is 10.0. The van der Waals surface area contributed by atoms with Gasteiger partial charge in [0.25, 0.3) is 0 Å². The lowest BCUT2D eigenvalue weighted by atomic mass is 10.2. The third-order valence-corrected chi connectivity index (χ3v) is 2.06. The monoisotopic (exact) mass is 201 g/mol. The summed E-state index contributed by atoms with van der Waals surface area (Å²) in [4.78, 5) is 11.2. The minimum Gasteiger partial charge on any atom is -0.356 e. The lowest BCUT2D eigenvalue weighted by Gasteiger charge is -2.03. The number of nitrogens with one attached hydrogen (secondary N) is 1. The van der Waals surface area contributed by atoms with E-state index < -0.39 is 0 Å². The normalized spacial score (nSPS) is 10.1. The molecule has 0 aromatic heterocycles. The molecule has 0 heterocycles. The molecule has 0 aliphatic rings. The summed E-state index contributed by atoms with van der Waals surface area (Å²) < 4.78 is 0. The minimum atomic E-state index is 0.152. The van der Waals surface area contributed by atoms with Crippen molar-refractivity contribution in [3.63, 3.8) is 0 Å². The SMILES string of the molecule is NCCCCCC(=O)NCCCCN. The van der Waals surface area contributed by atoms with Gasteiger partial charge in [0.1, 0.15) is 0 Å². The first-order chi connectivity index (χ1) is 6.81. The topological polar surface area (TPSA) is 81.1 Å². The van der Waals surface area contributed by atoms with Crippen LogP contribution < -0.4 is 16.8 Å².